The van der Waals surface area contributed by atoms with E-state index in [4.69, 9.17) is 0 Å². The summed E-state index contributed by atoms with van der Waals surface area (Å²) >= 11 is 0. The number of H-pyrrole nitrogens is 1. The quantitative estimate of drug-likeness (QED) is 0.390. The Balaban J connectivity index is 1.27. The molecular weight excluding hydrogens is 457 g/mol. The molecule has 0 aliphatic heterocycles. The fourth-order valence-corrected chi connectivity index (χ4v) is 4.67. The van der Waals surface area contributed by atoms with Gasteiger partial charge in [0.1, 0.15) is 16.4 Å². The summed E-state index contributed by atoms with van der Waals surface area (Å²) in [6, 6.07) is 15.3. The van der Waals surface area contributed by atoms with Gasteiger partial charge in [0, 0.05) is 36.0 Å². The summed E-state index contributed by atoms with van der Waals surface area (Å²) in [6.45, 7) is 0.231. The molecular formula is C24H18FN5O3S. The van der Waals surface area contributed by atoms with Crippen molar-refractivity contribution >= 4 is 26.6 Å². The molecule has 0 aliphatic rings. The van der Waals surface area contributed by atoms with Gasteiger partial charge in [0.2, 0.25) is 9.84 Å². The minimum atomic E-state index is -3.80. The van der Waals surface area contributed by atoms with Crippen LogP contribution in [0.4, 0.5) is 4.39 Å². The van der Waals surface area contributed by atoms with Crippen LogP contribution in [0, 0.1) is 5.82 Å². The van der Waals surface area contributed by atoms with Crippen molar-refractivity contribution in [2.75, 3.05) is 0 Å². The van der Waals surface area contributed by atoms with Crippen LogP contribution in [0.1, 0.15) is 16.1 Å². The molecule has 1 amide bonds. The highest BCUT2D eigenvalue weighted by Crippen LogP contribution is 2.22. The average molecular weight is 476 g/mol. The Hall–Kier alpha value is -4.31. The van der Waals surface area contributed by atoms with Crippen LogP contribution < -0.4 is 5.32 Å². The Kier molecular flexibility index (Phi) is 5.42. The predicted octanol–water partition coefficient (Wildman–Crippen LogP) is 3.65. The van der Waals surface area contributed by atoms with Crippen LogP contribution >= 0.6 is 0 Å². The van der Waals surface area contributed by atoms with E-state index < -0.39 is 15.7 Å². The number of carbonyl (C=O) groups excluding carboxylic acids is 1. The van der Waals surface area contributed by atoms with Crippen LogP contribution in [0.15, 0.2) is 95.2 Å². The van der Waals surface area contributed by atoms with E-state index in [-0.39, 0.29) is 22.2 Å². The highest BCUT2D eigenvalue weighted by Gasteiger charge is 2.20. The van der Waals surface area contributed by atoms with Gasteiger partial charge >= 0.3 is 0 Å². The second-order valence-electron chi connectivity index (χ2n) is 7.57. The summed E-state index contributed by atoms with van der Waals surface area (Å²) in [6.07, 6.45) is 5.95. The van der Waals surface area contributed by atoms with Gasteiger partial charge in [-0.25, -0.2) is 17.5 Å². The van der Waals surface area contributed by atoms with Gasteiger partial charge in [0.15, 0.2) is 0 Å². The number of hydrogen-bond acceptors (Lipinski definition) is 5. The van der Waals surface area contributed by atoms with E-state index in [2.05, 4.69) is 20.4 Å². The van der Waals surface area contributed by atoms with Gasteiger partial charge < -0.3 is 10.3 Å². The molecule has 0 atom stereocenters. The lowest BCUT2D eigenvalue weighted by Gasteiger charge is -2.06. The highest BCUT2D eigenvalue weighted by molar-refractivity contribution is 7.91. The van der Waals surface area contributed by atoms with E-state index in [1.807, 2.05) is 0 Å². The second-order valence-corrected chi connectivity index (χ2v) is 9.52. The average Bonchev–Trinajstić information content (AvgIpc) is 3.51. The van der Waals surface area contributed by atoms with Crippen LogP contribution in [0.3, 0.4) is 0 Å². The van der Waals surface area contributed by atoms with Gasteiger partial charge in [0.25, 0.3) is 5.91 Å². The molecule has 8 nitrogen and oxygen atoms in total. The maximum Gasteiger partial charge on any atom is 0.267 e. The smallest absolute Gasteiger partial charge is 0.267 e. The number of carbonyl (C=O) groups is 1. The van der Waals surface area contributed by atoms with E-state index in [1.54, 1.807) is 36.7 Å². The number of hydrogen-bond donors (Lipinski definition) is 2. The van der Waals surface area contributed by atoms with E-state index in [0.29, 0.717) is 11.4 Å². The summed E-state index contributed by atoms with van der Waals surface area (Å²) in [5.41, 5.74) is 2.52. The Labute approximate surface area is 194 Å². The normalized spacial score (nSPS) is 11.6. The third kappa shape index (κ3) is 4.18. The lowest BCUT2D eigenvalue weighted by Crippen LogP contribution is -2.23. The molecule has 0 radical (unpaired) electrons. The molecule has 5 rings (SSSR count). The number of nitrogens with one attached hydrogen (secondary N) is 2. The summed E-state index contributed by atoms with van der Waals surface area (Å²) < 4.78 is 40.5. The number of aromatic amines is 1. The molecule has 170 valence electrons. The topological polar surface area (TPSA) is 110 Å². The van der Waals surface area contributed by atoms with Crippen LogP contribution in [-0.4, -0.2) is 34.1 Å². The first-order valence-electron chi connectivity index (χ1n) is 10.3. The monoisotopic (exact) mass is 475 g/mol. The molecule has 0 saturated heterocycles. The number of aromatic nitrogens is 4. The number of halogens is 1. The van der Waals surface area contributed by atoms with Crippen molar-refractivity contribution in [2.24, 2.45) is 0 Å². The lowest BCUT2D eigenvalue weighted by molar-refractivity contribution is 0.0946. The lowest BCUT2D eigenvalue weighted by atomic mass is 10.2. The first kappa shape index (κ1) is 21.5. The highest BCUT2D eigenvalue weighted by atomic mass is 32.2. The van der Waals surface area contributed by atoms with Crippen LogP contribution in [0.2, 0.25) is 0 Å². The number of nitrogens with zero attached hydrogens (tertiary/aromatic N) is 3. The third-order valence-corrected chi connectivity index (χ3v) is 7.04. The number of amides is 1. The summed E-state index contributed by atoms with van der Waals surface area (Å²) in [7, 11) is -3.80. The van der Waals surface area contributed by atoms with E-state index in [9.17, 15) is 17.6 Å². The molecule has 0 fully saturated rings. The van der Waals surface area contributed by atoms with Crippen molar-refractivity contribution < 1.29 is 17.6 Å². The molecule has 0 spiro atoms. The molecule has 2 N–H and O–H groups in total. The number of benzene rings is 2. The van der Waals surface area contributed by atoms with Crippen LogP contribution in [-0.2, 0) is 16.4 Å². The van der Waals surface area contributed by atoms with E-state index in [0.717, 1.165) is 16.5 Å². The van der Waals surface area contributed by atoms with Crippen LogP contribution in [0.5, 0.6) is 0 Å². The zero-order valence-corrected chi connectivity index (χ0v) is 18.5. The molecule has 0 unspecified atom stereocenters. The van der Waals surface area contributed by atoms with Crippen molar-refractivity contribution in [3.05, 3.63) is 103 Å². The minimum absolute atomic E-state index is 0.0196. The Morgan fingerprint density at radius 1 is 1.00 bits per heavy atom. The van der Waals surface area contributed by atoms with Crippen molar-refractivity contribution in [3.63, 3.8) is 0 Å². The van der Waals surface area contributed by atoms with Gasteiger partial charge in [-0.15, -0.1) is 0 Å². The second kappa shape index (κ2) is 8.56. The van der Waals surface area contributed by atoms with Crippen LogP contribution in [0.25, 0.3) is 16.6 Å². The fourth-order valence-electron chi connectivity index (χ4n) is 3.47. The zero-order chi connectivity index (χ0) is 23.7. The molecule has 0 aliphatic carbocycles. The Morgan fingerprint density at radius 3 is 2.50 bits per heavy atom. The van der Waals surface area contributed by atoms with Gasteiger partial charge in [0.05, 0.1) is 16.8 Å². The van der Waals surface area contributed by atoms with Gasteiger partial charge in [-0.2, -0.15) is 5.10 Å². The molecule has 3 heterocycles. The summed E-state index contributed by atoms with van der Waals surface area (Å²) in [5, 5.41) is 7.73. The zero-order valence-electron chi connectivity index (χ0n) is 17.6. The number of sulfone groups is 1. The van der Waals surface area contributed by atoms with Gasteiger partial charge in [-0.1, -0.05) is 12.1 Å². The van der Waals surface area contributed by atoms with E-state index in [1.165, 1.54) is 53.5 Å². The Morgan fingerprint density at radius 2 is 1.76 bits per heavy atom. The molecule has 3 aromatic heterocycles. The first-order valence-corrected chi connectivity index (χ1v) is 11.7. The standard InChI is InChI=1S/C24H18FN5O3S/c25-18-3-5-19(6-4-18)30-15-21(14-28-30)34(32,33)20-7-1-16(2-8-20)12-27-24(31)23-11-17-13-26-10-9-22(17)29-23/h1-11,13-15,29H,12H2,(H,27,31). The maximum atomic E-state index is 13.1. The number of fused-ring (bicyclic) bond motifs is 1. The summed E-state index contributed by atoms with van der Waals surface area (Å²) in [5.74, 6) is -0.667. The molecule has 2 aromatic carbocycles. The van der Waals surface area contributed by atoms with Crippen molar-refractivity contribution in [1.82, 2.24) is 25.1 Å². The molecule has 0 bridgehead atoms. The van der Waals surface area contributed by atoms with Gasteiger partial charge in [-0.05, 0) is 54.1 Å². The number of rotatable bonds is 6. The molecule has 5 aromatic rings. The fraction of sp³-hybridized carbons (Fsp3) is 0.0417. The third-order valence-electron chi connectivity index (χ3n) is 5.31. The molecule has 34 heavy (non-hydrogen) atoms. The van der Waals surface area contributed by atoms with Gasteiger partial charge in [-0.3, -0.25) is 9.78 Å². The predicted molar refractivity (Wildman–Crippen MR) is 123 cm³/mol. The molecule has 0 saturated carbocycles. The number of pyridine rings is 1. The van der Waals surface area contributed by atoms with Crippen molar-refractivity contribution in [3.8, 4) is 5.69 Å². The first-order chi connectivity index (χ1) is 16.4. The minimum Gasteiger partial charge on any atom is -0.350 e. The largest absolute Gasteiger partial charge is 0.350 e. The van der Waals surface area contributed by atoms with Crippen molar-refractivity contribution in [2.45, 2.75) is 16.3 Å². The maximum absolute atomic E-state index is 13.1. The van der Waals surface area contributed by atoms with E-state index >= 15 is 0 Å². The molecule has 10 heteroatoms. The summed E-state index contributed by atoms with van der Waals surface area (Å²) in [4.78, 5) is 19.6. The Bertz CT molecular complexity index is 1560. The van der Waals surface area contributed by atoms with Crippen molar-refractivity contribution in [1.29, 1.82) is 0 Å². The SMILES string of the molecule is O=C(NCc1ccc(S(=O)(=O)c2cnn(-c3ccc(F)cc3)c2)cc1)c1cc2cnccc2[nH]1.